The third-order valence-corrected chi connectivity index (χ3v) is 5.95. The van der Waals surface area contributed by atoms with Gasteiger partial charge in [0, 0.05) is 18.3 Å². The zero-order chi connectivity index (χ0) is 14.8. The largest absolute Gasteiger partial charge is 0.399 e. The van der Waals surface area contributed by atoms with E-state index < -0.39 is 10.0 Å². The number of nitrogens with two attached hydrogens (primary N) is 1. The van der Waals surface area contributed by atoms with Gasteiger partial charge < -0.3 is 5.73 Å². The first-order chi connectivity index (χ1) is 9.42. The molecule has 5 heteroatoms. The molecule has 1 saturated carbocycles. The van der Waals surface area contributed by atoms with Gasteiger partial charge in [0.25, 0.3) is 0 Å². The van der Waals surface area contributed by atoms with E-state index in [0.29, 0.717) is 12.2 Å². The second-order valence-electron chi connectivity index (χ2n) is 5.81. The summed E-state index contributed by atoms with van der Waals surface area (Å²) >= 11 is 0. The molecule has 2 N–H and O–H groups in total. The molecule has 0 aliphatic heterocycles. The Kier molecular flexibility index (Phi) is 4.70. The number of sulfonamides is 1. The maximum atomic E-state index is 12.6. The minimum absolute atomic E-state index is 0.196. The molecule has 1 aromatic rings. The fourth-order valence-corrected chi connectivity index (χ4v) is 4.35. The second kappa shape index (κ2) is 6.14. The topological polar surface area (TPSA) is 63.4 Å². The quantitative estimate of drug-likeness (QED) is 0.787. The van der Waals surface area contributed by atoms with Crippen molar-refractivity contribution in [1.29, 1.82) is 0 Å². The van der Waals surface area contributed by atoms with Crippen LogP contribution in [0.5, 0.6) is 0 Å². The molecule has 1 fully saturated rings. The fourth-order valence-electron chi connectivity index (χ4n) is 2.19. The van der Waals surface area contributed by atoms with E-state index in [9.17, 15) is 8.42 Å². The van der Waals surface area contributed by atoms with Gasteiger partial charge in [0.05, 0.1) is 5.75 Å². The van der Waals surface area contributed by atoms with E-state index in [1.807, 2.05) is 38.1 Å². The van der Waals surface area contributed by atoms with Crippen molar-refractivity contribution in [3.63, 3.8) is 0 Å². The van der Waals surface area contributed by atoms with E-state index in [1.165, 1.54) is 0 Å². The van der Waals surface area contributed by atoms with Crippen LogP contribution in [-0.2, 0) is 16.6 Å². The zero-order valence-electron chi connectivity index (χ0n) is 12.2. The summed E-state index contributed by atoms with van der Waals surface area (Å²) in [5.74, 6) is 0.447. The predicted octanol–water partition coefficient (Wildman–Crippen LogP) is 2.61. The van der Waals surface area contributed by atoms with Gasteiger partial charge in [0.2, 0.25) is 10.0 Å². The molecular formula is C15H24N2O2S. The van der Waals surface area contributed by atoms with Gasteiger partial charge in [-0.25, -0.2) is 8.42 Å². The van der Waals surface area contributed by atoms with Gasteiger partial charge in [-0.2, -0.15) is 4.31 Å². The third kappa shape index (κ3) is 3.96. The first kappa shape index (κ1) is 15.3. The predicted molar refractivity (Wildman–Crippen MR) is 82.7 cm³/mol. The minimum Gasteiger partial charge on any atom is -0.399 e. The summed E-state index contributed by atoms with van der Waals surface area (Å²) in [5, 5.41) is 0. The van der Waals surface area contributed by atoms with Crippen LogP contribution < -0.4 is 5.73 Å². The van der Waals surface area contributed by atoms with Crippen molar-refractivity contribution in [3.05, 3.63) is 29.8 Å². The Hall–Kier alpha value is -1.07. The Morgan fingerprint density at radius 3 is 2.40 bits per heavy atom. The highest BCUT2D eigenvalue weighted by Gasteiger charge is 2.37. The first-order valence-electron chi connectivity index (χ1n) is 7.26. The number of nitrogens with zero attached hydrogens (tertiary/aromatic N) is 1. The molecule has 0 radical (unpaired) electrons. The van der Waals surface area contributed by atoms with Crippen molar-refractivity contribution in [3.8, 4) is 0 Å². The summed E-state index contributed by atoms with van der Waals surface area (Å²) in [4.78, 5) is 0. The summed E-state index contributed by atoms with van der Waals surface area (Å²) in [5.41, 5.74) is 7.37. The lowest BCUT2D eigenvalue weighted by Crippen LogP contribution is -2.36. The lowest BCUT2D eigenvalue weighted by atomic mass is 10.2. The number of anilines is 1. The van der Waals surface area contributed by atoms with Gasteiger partial charge in [-0.1, -0.05) is 32.4 Å². The van der Waals surface area contributed by atoms with E-state index >= 15 is 0 Å². The molecule has 20 heavy (non-hydrogen) atoms. The van der Waals surface area contributed by atoms with Crippen LogP contribution in [0.2, 0.25) is 0 Å². The molecule has 0 heterocycles. The molecule has 1 aromatic carbocycles. The molecule has 1 atom stereocenters. The normalized spacial score (nSPS) is 17.4. The summed E-state index contributed by atoms with van der Waals surface area (Å²) in [6.07, 6.45) is 2.85. The Morgan fingerprint density at radius 2 is 1.90 bits per heavy atom. The minimum atomic E-state index is -3.18. The third-order valence-electron chi connectivity index (χ3n) is 3.82. The Bertz CT molecular complexity index is 535. The maximum Gasteiger partial charge on any atom is 0.214 e. The first-order valence-corrected chi connectivity index (χ1v) is 8.87. The molecule has 1 aliphatic carbocycles. The number of hydrogen-bond donors (Lipinski definition) is 1. The van der Waals surface area contributed by atoms with Crippen LogP contribution >= 0.6 is 0 Å². The van der Waals surface area contributed by atoms with Gasteiger partial charge in [-0.05, 0) is 36.5 Å². The van der Waals surface area contributed by atoms with Crippen molar-refractivity contribution >= 4 is 15.7 Å². The number of benzene rings is 1. The highest BCUT2D eigenvalue weighted by atomic mass is 32.2. The second-order valence-corrected chi connectivity index (χ2v) is 7.78. The van der Waals surface area contributed by atoms with E-state index in [4.69, 9.17) is 5.73 Å². The standard InChI is InChI=1S/C15H24N2O2S/c1-3-12(2)11-20(18,19)17(15-8-9-15)10-13-4-6-14(16)7-5-13/h4-7,12,15H,3,8-11,16H2,1-2H3/t12-/m0/s1. The number of nitrogen functional groups attached to an aromatic ring is 1. The molecule has 2 rings (SSSR count). The van der Waals surface area contributed by atoms with Crippen LogP contribution in [0.4, 0.5) is 5.69 Å². The molecule has 0 bridgehead atoms. The highest BCUT2D eigenvalue weighted by molar-refractivity contribution is 7.89. The lowest BCUT2D eigenvalue weighted by molar-refractivity contribution is 0.393. The van der Waals surface area contributed by atoms with E-state index in [2.05, 4.69) is 0 Å². The van der Waals surface area contributed by atoms with Crippen LogP contribution in [0, 0.1) is 5.92 Å². The number of rotatable bonds is 7. The summed E-state index contributed by atoms with van der Waals surface area (Å²) in [6, 6.07) is 7.65. The van der Waals surface area contributed by atoms with Crippen molar-refractivity contribution in [2.45, 2.75) is 45.7 Å². The van der Waals surface area contributed by atoms with E-state index in [1.54, 1.807) is 4.31 Å². The van der Waals surface area contributed by atoms with Crippen LogP contribution in [0.1, 0.15) is 38.7 Å². The molecule has 4 nitrogen and oxygen atoms in total. The highest BCUT2D eigenvalue weighted by Crippen LogP contribution is 2.31. The summed E-state index contributed by atoms with van der Waals surface area (Å²) in [6.45, 7) is 4.48. The van der Waals surface area contributed by atoms with Crippen molar-refractivity contribution in [1.82, 2.24) is 4.31 Å². The number of hydrogen-bond acceptors (Lipinski definition) is 3. The SMILES string of the molecule is CC[C@H](C)CS(=O)(=O)N(Cc1ccc(N)cc1)C1CC1. The summed E-state index contributed by atoms with van der Waals surface area (Å²) in [7, 11) is -3.18. The van der Waals surface area contributed by atoms with Gasteiger partial charge in [-0.15, -0.1) is 0 Å². The van der Waals surface area contributed by atoms with Crippen LogP contribution in [0.3, 0.4) is 0 Å². The molecular weight excluding hydrogens is 272 g/mol. The molecule has 1 aliphatic rings. The molecule has 0 spiro atoms. The van der Waals surface area contributed by atoms with Crippen LogP contribution in [0.15, 0.2) is 24.3 Å². The molecule has 0 saturated heterocycles. The van der Waals surface area contributed by atoms with Gasteiger partial charge in [0.15, 0.2) is 0 Å². The van der Waals surface area contributed by atoms with Crippen molar-refractivity contribution in [2.24, 2.45) is 5.92 Å². The molecule has 0 aromatic heterocycles. The average molecular weight is 296 g/mol. The van der Waals surface area contributed by atoms with E-state index in [-0.39, 0.29) is 17.7 Å². The summed E-state index contributed by atoms with van der Waals surface area (Å²) < 4.78 is 26.8. The Labute approximate surface area is 122 Å². The monoisotopic (exact) mass is 296 g/mol. The van der Waals surface area contributed by atoms with Gasteiger partial charge in [-0.3, -0.25) is 0 Å². The van der Waals surface area contributed by atoms with Gasteiger partial charge >= 0.3 is 0 Å². The van der Waals surface area contributed by atoms with Crippen LogP contribution in [-0.4, -0.2) is 24.5 Å². The smallest absolute Gasteiger partial charge is 0.214 e. The van der Waals surface area contributed by atoms with Crippen LogP contribution in [0.25, 0.3) is 0 Å². The van der Waals surface area contributed by atoms with Gasteiger partial charge in [0.1, 0.15) is 0 Å². The Balaban J connectivity index is 2.13. The van der Waals surface area contributed by atoms with Crippen molar-refractivity contribution in [2.75, 3.05) is 11.5 Å². The Morgan fingerprint density at radius 1 is 1.30 bits per heavy atom. The lowest BCUT2D eigenvalue weighted by Gasteiger charge is -2.23. The maximum absolute atomic E-state index is 12.6. The fraction of sp³-hybridized carbons (Fsp3) is 0.600. The molecule has 0 unspecified atom stereocenters. The van der Waals surface area contributed by atoms with Crippen molar-refractivity contribution < 1.29 is 8.42 Å². The molecule has 112 valence electrons. The molecule has 0 amide bonds. The zero-order valence-corrected chi connectivity index (χ0v) is 13.1. The average Bonchev–Trinajstić information content (AvgIpc) is 3.21. The van der Waals surface area contributed by atoms with E-state index in [0.717, 1.165) is 24.8 Å².